The molecule has 102 valence electrons. The summed E-state index contributed by atoms with van der Waals surface area (Å²) in [5.41, 5.74) is 0.592. The molecule has 6 nitrogen and oxygen atoms in total. The summed E-state index contributed by atoms with van der Waals surface area (Å²) < 4.78 is 7.28. The second-order valence-electron chi connectivity index (χ2n) is 4.41. The van der Waals surface area contributed by atoms with Crippen molar-refractivity contribution in [3.05, 3.63) is 53.7 Å². The van der Waals surface area contributed by atoms with Crippen molar-refractivity contribution in [3.8, 4) is 11.5 Å². The molecular formula is C14H8ClN5O. The molecule has 4 rings (SSSR count). The van der Waals surface area contributed by atoms with E-state index < -0.39 is 0 Å². The second kappa shape index (κ2) is 4.68. The van der Waals surface area contributed by atoms with Crippen LogP contribution in [0.2, 0.25) is 5.02 Å². The van der Waals surface area contributed by atoms with Gasteiger partial charge in [0.05, 0.1) is 6.20 Å². The zero-order valence-corrected chi connectivity index (χ0v) is 11.4. The Morgan fingerprint density at radius 3 is 2.71 bits per heavy atom. The van der Waals surface area contributed by atoms with Crippen molar-refractivity contribution < 1.29 is 4.74 Å². The second-order valence-corrected chi connectivity index (χ2v) is 4.85. The minimum Gasteiger partial charge on any atom is -0.457 e. The summed E-state index contributed by atoms with van der Waals surface area (Å²) in [4.78, 5) is 0. The Balaban J connectivity index is 1.86. The van der Waals surface area contributed by atoms with E-state index in [1.807, 2.05) is 30.3 Å². The van der Waals surface area contributed by atoms with Crippen molar-refractivity contribution in [1.82, 2.24) is 25.3 Å². The number of benzene rings is 2. The van der Waals surface area contributed by atoms with Crippen LogP contribution >= 0.6 is 11.6 Å². The third kappa shape index (κ3) is 2.05. The highest BCUT2D eigenvalue weighted by Gasteiger charge is 2.09. The van der Waals surface area contributed by atoms with E-state index in [0.29, 0.717) is 22.2 Å². The van der Waals surface area contributed by atoms with E-state index in [0.717, 1.165) is 10.8 Å². The fourth-order valence-electron chi connectivity index (χ4n) is 2.13. The Kier molecular flexibility index (Phi) is 2.68. The number of fused-ring (bicyclic) bond motifs is 3. The lowest BCUT2D eigenvalue weighted by Crippen LogP contribution is -1.95. The van der Waals surface area contributed by atoms with E-state index >= 15 is 0 Å². The molecule has 0 fully saturated rings. The first-order chi connectivity index (χ1) is 10.3. The Bertz CT molecular complexity index is 935. The zero-order chi connectivity index (χ0) is 14.2. The molecule has 0 saturated carbocycles. The first-order valence-electron chi connectivity index (χ1n) is 6.21. The molecule has 0 atom stereocenters. The van der Waals surface area contributed by atoms with Gasteiger partial charge in [0.25, 0.3) is 0 Å². The van der Waals surface area contributed by atoms with Gasteiger partial charge in [-0.15, -0.1) is 9.73 Å². The van der Waals surface area contributed by atoms with Crippen LogP contribution in [0.15, 0.2) is 48.7 Å². The van der Waals surface area contributed by atoms with Crippen LogP contribution < -0.4 is 4.74 Å². The summed E-state index contributed by atoms with van der Waals surface area (Å²) >= 11 is 5.87. The van der Waals surface area contributed by atoms with Gasteiger partial charge < -0.3 is 4.74 Å². The number of ether oxygens (including phenoxy) is 1. The minimum atomic E-state index is 0.592. The van der Waals surface area contributed by atoms with E-state index in [-0.39, 0.29) is 0 Å². The van der Waals surface area contributed by atoms with E-state index in [1.165, 1.54) is 4.63 Å². The molecule has 0 spiro atoms. The fraction of sp³-hybridized carbons (Fsp3) is 0. The van der Waals surface area contributed by atoms with Crippen LogP contribution in [-0.2, 0) is 0 Å². The van der Waals surface area contributed by atoms with Crippen LogP contribution in [0, 0.1) is 0 Å². The maximum absolute atomic E-state index is 5.90. The molecule has 0 aliphatic heterocycles. The molecule has 0 aliphatic carbocycles. The average Bonchev–Trinajstić information content (AvgIpc) is 2.99. The third-order valence-corrected chi connectivity index (χ3v) is 3.35. The lowest BCUT2D eigenvalue weighted by molar-refractivity contribution is 0.488. The summed E-state index contributed by atoms with van der Waals surface area (Å²) in [6, 6.07) is 12.9. The lowest BCUT2D eigenvalue weighted by atomic mass is 10.2. The first kappa shape index (κ1) is 12.0. The molecule has 0 saturated heterocycles. The monoisotopic (exact) mass is 297 g/mol. The molecule has 0 bridgehead atoms. The van der Waals surface area contributed by atoms with E-state index in [2.05, 4.69) is 20.6 Å². The predicted molar refractivity (Wildman–Crippen MR) is 77.6 cm³/mol. The van der Waals surface area contributed by atoms with Crippen LogP contribution in [0.1, 0.15) is 0 Å². The topological polar surface area (TPSA) is 65.2 Å². The Hall–Kier alpha value is -2.73. The molecule has 2 heterocycles. The van der Waals surface area contributed by atoms with Crippen LogP contribution in [-0.4, -0.2) is 25.3 Å². The molecule has 0 amide bonds. The summed E-state index contributed by atoms with van der Waals surface area (Å²) in [7, 11) is 0. The molecule has 4 aromatic rings. The molecule has 0 aliphatic rings. The smallest absolute Gasteiger partial charge is 0.207 e. The number of hydrogen-bond acceptors (Lipinski definition) is 5. The highest BCUT2D eigenvalue weighted by molar-refractivity contribution is 6.30. The molecule has 21 heavy (non-hydrogen) atoms. The number of halogens is 1. The van der Waals surface area contributed by atoms with Crippen molar-refractivity contribution in [1.29, 1.82) is 0 Å². The zero-order valence-electron chi connectivity index (χ0n) is 10.6. The molecular weight excluding hydrogens is 290 g/mol. The highest BCUT2D eigenvalue weighted by atomic mass is 35.5. The first-order valence-corrected chi connectivity index (χ1v) is 6.58. The van der Waals surface area contributed by atoms with Gasteiger partial charge in [0, 0.05) is 15.8 Å². The molecule has 7 heteroatoms. The van der Waals surface area contributed by atoms with Gasteiger partial charge in [-0.2, -0.15) is 5.10 Å². The van der Waals surface area contributed by atoms with Gasteiger partial charge in [0.2, 0.25) is 5.65 Å². The lowest BCUT2D eigenvalue weighted by Gasteiger charge is -2.08. The summed E-state index contributed by atoms with van der Waals surface area (Å²) in [5, 5.41) is 17.9. The van der Waals surface area contributed by atoms with E-state index in [4.69, 9.17) is 16.3 Å². The van der Waals surface area contributed by atoms with Crippen LogP contribution in [0.4, 0.5) is 0 Å². The number of hydrogen-bond donors (Lipinski definition) is 0. The van der Waals surface area contributed by atoms with Crippen LogP contribution in [0.25, 0.3) is 16.4 Å². The highest BCUT2D eigenvalue weighted by Crippen LogP contribution is 2.30. The number of tetrazole rings is 1. The van der Waals surface area contributed by atoms with Crippen molar-refractivity contribution in [2.45, 2.75) is 0 Å². The van der Waals surface area contributed by atoms with Crippen molar-refractivity contribution in [2.75, 3.05) is 0 Å². The largest absolute Gasteiger partial charge is 0.457 e. The SMILES string of the molecule is Clc1ccc(Oc2cccc3c2cnn2nnnc32)cc1. The van der Waals surface area contributed by atoms with Crippen molar-refractivity contribution >= 4 is 28.0 Å². The minimum absolute atomic E-state index is 0.592. The maximum Gasteiger partial charge on any atom is 0.207 e. The number of rotatable bonds is 2. The molecule has 0 radical (unpaired) electrons. The normalized spacial score (nSPS) is 11.1. The molecule has 0 N–H and O–H groups in total. The number of aromatic nitrogens is 5. The Morgan fingerprint density at radius 1 is 1.00 bits per heavy atom. The van der Waals surface area contributed by atoms with Gasteiger partial charge in [-0.05, 0) is 40.8 Å². The standard InChI is InChI=1S/C14H8ClN5O/c15-9-4-6-10(7-5-9)21-13-3-1-2-11-12(13)8-16-20-14(11)17-18-19-20/h1-8H. The summed E-state index contributed by atoms with van der Waals surface area (Å²) in [6.45, 7) is 0. The fourth-order valence-corrected chi connectivity index (χ4v) is 2.25. The van der Waals surface area contributed by atoms with Gasteiger partial charge in [-0.1, -0.05) is 23.7 Å². The predicted octanol–water partition coefficient (Wildman–Crippen LogP) is 3.12. The van der Waals surface area contributed by atoms with Gasteiger partial charge in [0.15, 0.2) is 0 Å². The van der Waals surface area contributed by atoms with Crippen LogP contribution in [0.3, 0.4) is 0 Å². The van der Waals surface area contributed by atoms with Gasteiger partial charge in [-0.3, -0.25) is 0 Å². The Labute approximate surface area is 123 Å². The van der Waals surface area contributed by atoms with E-state index in [9.17, 15) is 0 Å². The van der Waals surface area contributed by atoms with Gasteiger partial charge in [0.1, 0.15) is 11.5 Å². The average molecular weight is 298 g/mol. The Morgan fingerprint density at radius 2 is 1.86 bits per heavy atom. The molecule has 2 aromatic carbocycles. The summed E-state index contributed by atoms with van der Waals surface area (Å²) in [5.74, 6) is 1.39. The van der Waals surface area contributed by atoms with Crippen molar-refractivity contribution in [2.24, 2.45) is 0 Å². The number of nitrogens with zero attached hydrogens (tertiary/aromatic N) is 5. The summed E-state index contributed by atoms with van der Waals surface area (Å²) in [6.07, 6.45) is 1.68. The molecule has 2 aromatic heterocycles. The van der Waals surface area contributed by atoms with E-state index in [1.54, 1.807) is 18.3 Å². The van der Waals surface area contributed by atoms with Gasteiger partial charge in [-0.25, -0.2) is 0 Å². The van der Waals surface area contributed by atoms with Crippen LogP contribution in [0.5, 0.6) is 11.5 Å². The maximum atomic E-state index is 5.90. The van der Waals surface area contributed by atoms with Crippen molar-refractivity contribution in [3.63, 3.8) is 0 Å². The quantitative estimate of drug-likeness (QED) is 0.569. The molecule has 0 unspecified atom stereocenters. The van der Waals surface area contributed by atoms with Gasteiger partial charge >= 0.3 is 0 Å². The third-order valence-electron chi connectivity index (χ3n) is 3.10.